The summed E-state index contributed by atoms with van der Waals surface area (Å²) in [6.45, 7) is 0.0921. The highest BCUT2D eigenvalue weighted by atomic mass is 16.5. The summed E-state index contributed by atoms with van der Waals surface area (Å²) in [5.74, 6) is 3.24. The van der Waals surface area contributed by atoms with E-state index in [2.05, 4.69) is 137 Å². The van der Waals surface area contributed by atoms with Gasteiger partial charge in [0, 0.05) is 33.5 Å². The van der Waals surface area contributed by atoms with Crippen LogP contribution < -0.4 is 26.0 Å². The average Bonchev–Trinajstić information content (AvgIpc) is 3.54. The van der Waals surface area contributed by atoms with Crippen molar-refractivity contribution in [1.82, 2.24) is 4.57 Å². The van der Waals surface area contributed by atoms with Crippen LogP contribution in [0.3, 0.4) is 0 Å². The summed E-state index contributed by atoms with van der Waals surface area (Å²) in [5.41, 5.74) is 14.2. The minimum Gasteiger partial charge on any atom is -0.458 e. The van der Waals surface area contributed by atoms with Gasteiger partial charge in [-0.1, -0.05) is 99.2 Å². The van der Waals surface area contributed by atoms with Gasteiger partial charge in [-0.3, -0.25) is 0 Å². The first kappa shape index (κ1) is 30.4. The summed E-state index contributed by atoms with van der Waals surface area (Å²) in [6, 6.07) is 48.1. The molecule has 0 unspecified atom stereocenters. The van der Waals surface area contributed by atoms with Crippen LogP contribution in [0.15, 0.2) is 127 Å². The van der Waals surface area contributed by atoms with Crippen molar-refractivity contribution in [3.05, 3.63) is 139 Å². The maximum absolute atomic E-state index is 6.58. The smallest absolute Gasteiger partial charge is 0.256 e. The van der Waals surface area contributed by atoms with Gasteiger partial charge in [0.25, 0.3) is 6.71 Å². The second-order valence-corrected chi connectivity index (χ2v) is 15.7. The Balaban J connectivity index is 1.14. The predicted molar refractivity (Wildman–Crippen MR) is 218 cm³/mol. The van der Waals surface area contributed by atoms with E-state index in [0.717, 1.165) is 17.2 Å². The first-order valence-electron chi connectivity index (χ1n) is 19.8. The minimum atomic E-state index is 0.0921. The van der Waals surface area contributed by atoms with Crippen molar-refractivity contribution in [1.29, 1.82) is 0 Å². The zero-order valence-corrected chi connectivity index (χ0v) is 29.7. The standard InChI is InChI=1S/C48H43BN2O/c1-4-13-32(14-5-1)34-23-27-42-38(29-34)39-30-35(33-15-6-2-7-16-33)24-28-43(39)51(42)37-25-26-40-45(31-37)50(36-17-8-3-9-18-36)44-20-12-22-47-48(44)49(40)41-19-10-11-21-46(41)52-47/h3,8-12,17-33H,1-2,4-7,13-16H2. The normalized spacial score (nSPS) is 17.2. The van der Waals surface area contributed by atoms with Gasteiger partial charge in [-0.25, -0.2) is 0 Å². The molecule has 4 heteroatoms. The minimum absolute atomic E-state index is 0.0921. The van der Waals surface area contributed by atoms with E-state index in [1.807, 2.05) is 0 Å². The van der Waals surface area contributed by atoms with Crippen molar-refractivity contribution >= 4 is 62.0 Å². The van der Waals surface area contributed by atoms with E-state index < -0.39 is 0 Å². The number of nitrogens with zero attached hydrogens (tertiary/aromatic N) is 2. The summed E-state index contributed by atoms with van der Waals surface area (Å²) >= 11 is 0. The highest BCUT2D eigenvalue weighted by Crippen LogP contribution is 2.44. The molecule has 0 saturated heterocycles. The van der Waals surface area contributed by atoms with Gasteiger partial charge in [0.05, 0.1) is 11.0 Å². The molecule has 0 radical (unpaired) electrons. The van der Waals surface area contributed by atoms with E-state index >= 15 is 0 Å². The monoisotopic (exact) mass is 674 g/mol. The van der Waals surface area contributed by atoms with Gasteiger partial charge >= 0.3 is 0 Å². The van der Waals surface area contributed by atoms with Crippen molar-refractivity contribution in [2.45, 2.75) is 76.0 Å². The van der Waals surface area contributed by atoms with Crippen LogP contribution in [0.1, 0.15) is 87.2 Å². The molecule has 11 rings (SSSR count). The van der Waals surface area contributed by atoms with Crippen LogP contribution >= 0.6 is 0 Å². The Labute approximate surface area is 306 Å². The van der Waals surface area contributed by atoms with Gasteiger partial charge in [0.1, 0.15) is 11.5 Å². The second-order valence-electron chi connectivity index (χ2n) is 15.7. The van der Waals surface area contributed by atoms with Crippen molar-refractivity contribution in [2.24, 2.45) is 0 Å². The Morgan fingerprint density at radius 3 is 1.81 bits per heavy atom. The number of benzene rings is 6. The number of rotatable bonds is 4. The largest absolute Gasteiger partial charge is 0.458 e. The topological polar surface area (TPSA) is 17.4 Å². The number of para-hydroxylation sites is 2. The molecule has 6 aromatic carbocycles. The van der Waals surface area contributed by atoms with E-state index in [0.29, 0.717) is 11.8 Å². The molecule has 0 atom stereocenters. The number of anilines is 3. The Bertz CT molecular complexity index is 2410. The molecule has 7 aromatic rings. The van der Waals surface area contributed by atoms with E-state index in [4.69, 9.17) is 4.74 Å². The lowest BCUT2D eigenvalue weighted by Gasteiger charge is -2.40. The number of fused-ring (bicyclic) bond motifs is 7. The predicted octanol–water partition coefficient (Wildman–Crippen LogP) is 11.3. The fourth-order valence-electron chi connectivity index (χ4n) is 10.3. The van der Waals surface area contributed by atoms with E-state index in [9.17, 15) is 0 Å². The molecule has 0 spiro atoms. The van der Waals surface area contributed by atoms with Crippen LogP contribution in [0.25, 0.3) is 27.5 Å². The molecule has 4 aliphatic rings. The van der Waals surface area contributed by atoms with Crippen molar-refractivity contribution in [3.63, 3.8) is 0 Å². The van der Waals surface area contributed by atoms with Crippen molar-refractivity contribution in [2.75, 3.05) is 4.90 Å². The maximum atomic E-state index is 6.58. The molecule has 2 saturated carbocycles. The Morgan fingerprint density at radius 2 is 1.12 bits per heavy atom. The first-order chi connectivity index (χ1) is 25.8. The van der Waals surface area contributed by atoms with Crippen molar-refractivity contribution in [3.8, 4) is 17.2 Å². The zero-order chi connectivity index (χ0) is 34.2. The van der Waals surface area contributed by atoms with Crippen LogP contribution in [0.4, 0.5) is 17.1 Å². The quantitative estimate of drug-likeness (QED) is 0.173. The number of aromatic nitrogens is 1. The first-order valence-corrected chi connectivity index (χ1v) is 19.8. The summed E-state index contributed by atoms with van der Waals surface area (Å²) < 4.78 is 9.13. The molecule has 254 valence electrons. The van der Waals surface area contributed by atoms with Gasteiger partial charge in [0.15, 0.2) is 0 Å². The molecule has 0 N–H and O–H groups in total. The SMILES string of the molecule is c1ccc(N2c3cc(-n4c5ccc(C6CCCCC6)cc5c5cc(C6CCCCC6)ccc54)ccc3B3c4ccccc4Oc4cccc2c43)cc1. The third-order valence-corrected chi connectivity index (χ3v) is 12.8. The summed E-state index contributed by atoms with van der Waals surface area (Å²) in [6.07, 6.45) is 13.4. The van der Waals surface area contributed by atoms with Crippen molar-refractivity contribution < 1.29 is 4.74 Å². The molecule has 2 aliphatic heterocycles. The highest BCUT2D eigenvalue weighted by molar-refractivity contribution is 6.99. The Hall–Kier alpha value is -5.22. The summed E-state index contributed by atoms with van der Waals surface area (Å²) in [4.78, 5) is 2.46. The van der Waals surface area contributed by atoms with Gasteiger partial charge in [0.2, 0.25) is 0 Å². The Kier molecular flexibility index (Phi) is 7.13. The van der Waals surface area contributed by atoms with Gasteiger partial charge in [-0.15, -0.1) is 0 Å². The molecule has 0 amide bonds. The number of hydrogen-bond donors (Lipinski definition) is 0. The van der Waals surface area contributed by atoms with Crippen LogP contribution in [-0.4, -0.2) is 11.3 Å². The lowest BCUT2D eigenvalue weighted by Crippen LogP contribution is -2.59. The highest BCUT2D eigenvalue weighted by Gasteiger charge is 2.41. The van der Waals surface area contributed by atoms with E-state index in [1.54, 1.807) is 0 Å². The molecule has 52 heavy (non-hydrogen) atoms. The Morgan fingerprint density at radius 1 is 0.481 bits per heavy atom. The molecule has 2 aliphatic carbocycles. The third kappa shape index (κ3) is 4.73. The average molecular weight is 675 g/mol. The number of ether oxygens (including phenoxy) is 1. The van der Waals surface area contributed by atoms with Crippen LogP contribution in [0.2, 0.25) is 0 Å². The van der Waals surface area contributed by atoms with Crippen LogP contribution in [0, 0.1) is 0 Å². The van der Waals surface area contributed by atoms with Crippen LogP contribution in [0.5, 0.6) is 11.5 Å². The molecule has 2 fully saturated rings. The molecular weight excluding hydrogens is 631 g/mol. The fraction of sp³-hybridized carbons (Fsp3) is 0.250. The van der Waals surface area contributed by atoms with E-state index in [1.165, 1.54) is 131 Å². The lowest BCUT2D eigenvalue weighted by atomic mass is 9.34. The van der Waals surface area contributed by atoms with Gasteiger partial charge in [-0.2, -0.15) is 0 Å². The fourth-order valence-corrected chi connectivity index (χ4v) is 10.3. The molecular formula is C48H43BN2O. The summed E-state index contributed by atoms with van der Waals surface area (Å²) in [7, 11) is 0. The molecule has 3 nitrogen and oxygen atoms in total. The second kappa shape index (κ2) is 12.2. The number of hydrogen-bond acceptors (Lipinski definition) is 2. The summed E-state index contributed by atoms with van der Waals surface area (Å²) in [5, 5.41) is 2.81. The van der Waals surface area contributed by atoms with Gasteiger partial charge < -0.3 is 14.2 Å². The maximum Gasteiger partial charge on any atom is 0.256 e. The zero-order valence-electron chi connectivity index (χ0n) is 29.7. The van der Waals surface area contributed by atoms with E-state index in [-0.39, 0.29) is 6.71 Å². The molecule has 3 heterocycles. The molecule has 0 bridgehead atoms. The van der Waals surface area contributed by atoms with Gasteiger partial charge in [-0.05, 0) is 132 Å². The third-order valence-electron chi connectivity index (χ3n) is 12.8. The van der Waals surface area contributed by atoms with Crippen LogP contribution in [-0.2, 0) is 0 Å². The molecule has 1 aromatic heterocycles. The lowest BCUT2D eigenvalue weighted by molar-refractivity contribution is 0.444.